The van der Waals surface area contributed by atoms with Crippen LogP contribution in [0.2, 0.25) is 0 Å². The maximum Gasteiger partial charge on any atom is 0.316 e. The lowest BCUT2D eigenvalue weighted by molar-refractivity contribution is -0.151. The minimum absolute atomic E-state index is 0.213. The highest BCUT2D eigenvalue weighted by Gasteiger charge is 2.30. The van der Waals surface area contributed by atoms with E-state index in [-0.39, 0.29) is 5.97 Å². The lowest BCUT2D eigenvalue weighted by Crippen LogP contribution is -2.27. The zero-order valence-electron chi connectivity index (χ0n) is 12.5. The highest BCUT2D eigenvalue weighted by molar-refractivity contribution is 5.78. The van der Waals surface area contributed by atoms with E-state index in [9.17, 15) is 4.79 Å². The van der Waals surface area contributed by atoms with Gasteiger partial charge >= 0.3 is 5.97 Å². The second kappa shape index (κ2) is 6.58. The molecular weight excluding hydrogens is 236 g/mol. The molecule has 0 aromatic carbocycles. The summed E-state index contributed by atoms with van der Waals surface area (Å²) in [4.78, 5) is 12.0. The van der Waals surface area contributed by atoms with Gasteiger partial charge in [-0.05, 0) is 64.2 Å². The van der Waals surface area contributed by atoms with Crippen LogP contribution in [0.25, 0.3) is 0 Å². The quantitative estimate of drug-likeness (QED) is 0.403. The largest absolute Gasteiger partial charge is 0.465 e. The van der Waals surface area contributed by atoms with Gasteiger partial charge in [0.1, 0.15) is 0 Å². The molecule has 0 saturated heterocycles. The van der Waals surface area contributed by atoms with Gasteiger partial charge in [0, 0.05) is 0 Å². The number of hydrogen-bond acceptors (Lipinski definition) is 2. The topological polar surface area (TPSA) is 26.3 Å². The highest BCUT2D eigenvalue weighted by atomic mass is 16.5. The lowest BCUT2D eigenvalue weighted by atomic mass is 9.83. The van der Waals surface area contributed by atoms with Crippen molar-refractivity contribution in [2.24, 2.45) is 5.41 Å². The van der Waals surface area contributed by atoms with Gasteiger partial charge in [0.05, 0.1) is 12.0 Å². The predicted octanol–water partition coefficient (Wildman–Crippen LogP) is 4.34. The number of hydrogen-bond donors (Lipinski definition) is 0. The molecule has 2 heteroatoms. The minimum atomic E-state index is -0.669. The Kier molecular flexibility index (Phi) is 5.38. The SMILES string of the molecule is C=CC[C@@](C)(C=C=C(C)C1=C(C)CC1)C(=O)OCC. The average molecular weight is 260 g/mol. The van der Waals surface area contributed by atoms with Crippen LogP contribution in [0.5, 0.6) is 0 Å². The molecule has 0 amide bonds. The lowest BCUT2D eigenvalue weighted by Gasteiger charge is -2.22. The Morgan fingerprint density at radius 2 is 2.21 bits per heavy atom. The van der Waals surface area contributed by atoms with Crippen LogP contribution in [-0.2, 0) is 9.53 Å². The molecule has 0 bridgehead atoms. The monoisotopic (exact) mass is 260 g/mol. The van der Waals surface area contributed by atoms with Gasteiger partial charge in [-0.25, -0.2) is 0 Å². The molecule has 0 spiro atoms. The summed E-state index contributed by atoms with van der Waals surface area (Å²) in [6.07, 6.45) is 6.44. The highest BCUT2D eigenvalue weighted by Crippen LogP contribution is 2.33. The molecule has 0 aliphatic heterocycles. The van der Waals surface area contributed by atoms with Gasteiger partial charge in [-0.15, -0.1) is 12.3 Å². The zero-order valence-corrected chi connectivity index (χ0v) is 12.5. The predicted molar refractivity (Wildman–Crippen MR) is 78.8 cm³/mol. The van der Waals surface area contributed by atoms with E-state index < -0.39 is 5.41 Å². The van der Waals surface area contributed by atoms with E-state index in [1.54, 1.807) is 6.08 Å². The summed E-state index contributed by atoms with van der Waals surface area (Å²) < 4.78 is 5.13. The Bertz CT molecular complexity index is 462. The average Bonchev–Trinajstić information content (AvgIpc) is 2.35. The van der Waals surface area contributed by atoms with Gasteiger partial charge in [0.2, 0.25) is 0 Å². The number of ether oxygens (including phenoxy) is 1. The van der Waals surface area contributed by atoms with Crippen molar-refractivity contribution in [2.45, 2.75) is 47.0 Å². The van der Waals surface area contributed by atoms with Crippen molar-refractivity contribution in [2.75, 3.05) is 6.61 Å². The van der Waals surface area contributed by atoms with Gasteiger partial charge in [-0.1, -0.05) is 11.6 Å². The molecule has 1 aliphatic carbocycles. The standard InChI is InChI=1S/C17H24O2/c1-6-11-17(5,16(18)19-7-2)12-10-14(4)15-9-8-13(15)3/h6,12H,1,7-9,11H2,2-5H3/t10?,17-/m0/s1. The summed E-state index contributed by atoms with van der Waals surface area (Å²) in [6.45, 7) is 12.0. The second-order valence-corrected chi connectivity index (χ2v) is 5.30. The molecule has 19 heavy (non-hydrogen) atoms. The Labute approximate surface area is 116 Å². The first-order chi connectivity index (χ1) is 8.94. The van der Waals surface area contributed by atoms with Crippen LogP contribution in [0.3, 0.4) is 0 Å². The van der Waals surface area contributed by atoms with E-state index in [1.165, 1.54) is 17.6 Å². The summed E-state index contributed by atoms with van der Waals surface area (Å²) in [5.74, 6) is -0.213. The van der Waals surface area contributed by atoms with Crippen molar-refractivity contribution in [1.82, 2.24) is 0 Å². The van der Waals surface area contributed by atoms with E-state index in [0.717, 1.165) is 12.0 Å². The molecule has 104 valence electrons. The van der Waals surface area contributed by atoms with Crippen molar-refractivity contribution in [3.05, 3.63) is 41.2 Å². The molecule has 0 aromatic heterocycles. The third-order valence-corrected chi connectivity index (χ3v) is 3.64. The summed E-state index contributed by atoms with van der Waals surface area (Å²) >= 11 is 0. The summed E-state index contributed by atoms with van der Waals surface area (Å²) in [6, 6.07) is 0. The second-order valence-electron chi connectivity index (χ2n) is 5.30. The molecule has 0 unspecified atom stereocenters. The summed E-state index contributed by atoms with van der Waals surface area (Å²) in [5.41, 5.74) is 6.53. The van der Waals surface area contributed by atoms with Gasteiger partial charge in [-0.3, -0.25) is 4.79 Å². The summed E-state index contributed by atoms with van der Waals surface area (Å²) in [5, 5.41) is 0. The number of carbonyl (C=O) groups excluding carboxylic acids is 1. The van der Waals surface area contributed by atoms with E-state index in [2.05, 4.69) is 19.2 Å². The van der Waals surface area contributed by atoms with Gasteiger partial charge in [-0.2, -0.15) is 0 Å². The van der Waals surface area contributed by atoms with Crippen LogP contribution in [0.15, 0.2) is 41.2 Å². The Morgan fingerprint density at radius 1 is 1.53 bits per heavy atom. The fraction of sp³-hybridized carbons (Fsp3) is 0.529. The third kappa shape index (κ3) is 3.71. The summed E-state index contributed by atoms with van der Waals surface area (Å²) in [7, 11) is 0. The molecule has 0 heterocycles. The molecule has 0 aromatic rings. The van der Waals surface area contributed by atoms with Crippen molar-refractivity contribution in [3.63, 3.8) is 0 Å². The molecule has 1 rings (SSSR count). The maximum atomic E-state index is 12.0. The molecule has 1 aliphatic rings. The van der Waals surface area contributed by atoms with E-state index in [0.29, 0.717) is 13.0 Å². The molecule has 2 nitrogen and oxygen atoms in total. The normalized spacial score (nSPS) is 16.8. The van der Waals surface area contributed by atoms with Gasteiger partial charge in [0.25, 0.3) is 0 Å². The Morgan fingerprint density at radius 3 is 2.63 bits per heavy atom. The maximum absolute atomic E-state index is 12.0. The van der Waals surface area contributed by atoms with Gasteiger partial charge in [0.15, 0.2) is 0 Å². The minimum Gasteiger partial charge on any atom is -0.465 e. The van der Waals surface area contributed by atoms with Crippen LogP contribution in [-0.4, -0.2) is 12.6 Å². The fourth-order valence-corrected chi connectivity index (χ4v) is 2.16. The van der Waals surface area contributed by atoms with E-state index in [1.807, 2.05) is 26.8 Å². The molecule has 1 atom stereocenters. The molecule has 0 saturated carbocycles. The number of rotatable bonds is 6. The molecule has 0 radical (unpaired) electrons. The molecule has 0 N–H and O–H groups in total. The first kappa shape index (κ1) is 15.5. The van der Waals surface area contributed by atoms with Crippen LogP contribution in [0.4, 0.5) is 0 Å². The smallest absolute Gasteiger partial charge is 0.316 e. The van der Waals surface area contributed by atoms with Crippen LogP contribution in [0, 0.1) is 5.41 Å². The fourth-order valence-electron chi connectivity index (χ4n) is 2.16. The van der Waals surface area contributed by atoms with Crippen LogP contribution < -0.4 is 0 Å². The number of carbonyl (C=O) groups is 1. The van der Waals surface area contributed by atoms with Crippen molar-refractivity contribution in [3.8, 4) is 0 Å². The van der Waals surface area contributed by atoms with Crippen LogP contribution in [0.1, 0.15) is 47.0 Å². The molecule has 0 fully saturated rings. The third-order valence-electron chi connectivity index (χ3n) is 3.64. The zero-order chi connectivity index (χ0) is 14.5. The van der Waals surface area contributed by atoms with E-state index in [4.69, 9.17) is 4.74 Å². The number of allylic oxidation sites excluding steroid dienone is 3. The first-order valence-electron chi connectivity index (χ1n) is 6.86. The van der Waals surface area contributed by atoms with E-state index >= 15 is 0 Å². The van der Waals surface area contributed by atoms with Crippen LogP contribution >= 0.6 is 0 Å². The molecular formula is C17H24O2. The van der Waals surface area contributed by atoms with Crippen molar-refractivity contribution in [1.29, 1.82) is 0 Å². The van der Waals surface area contributed by atoms with Crippen molar-refractivity contribution >= 4 is 5.97 Å². The van der Waals surface area contributed by atoms with Gasteiger partial charge < -0.3 is 4.74 Å². The first-order valence-corrected chi connectivity index (χ1v) is 6.86. The Hall–Kier alpha value is -1.53. The number of esters is 1. The van der Waals surface area contributed by atoms with Crippen molar-refractivity contribution < 1.29 is 9.53 Å². The Balaban J connectivity index is 3.01.